The van der Waals surface area contributed by atoms with E-state index in [1.807, 2.05) is 6.07 Å². The highest BCUT2D eigenvalue weighted by Crippen LogP contribution is 2.20. The minimum Gasteiger partial charge on any atom is -0.370 e. The molecule has 1 saturated heterocycles. The fourth-order valence-electron chi connectivity index (χ4n) is 2.62. The van der Waals surface area contributed by atoms with Crippen LogP contribution in [0.5, 0.6) is 0 Å². The van der Waals surface area contributed by atoms with Gasteiger partial charge in [0.25, 0.3) is 0 Å². The molecule has 0 spiro atoms. The summed E-state index contributed by atoms with van der Waals surface area (Å²) >= 11 is 0. The monoisotopic (exact) mass is 304 g/mol. The number of nitrogens with zero attached hydrogens (tertiary/aromatic N) is 4. The molecule has 3 N–H and O–H groups in total. The summed E-state index contributed by atoms with van der Waals surface area (Å²) in [7, 11) is 0. The molecule has 22 heavy (non-hydrogen) atoms. The Bertz CT molecular complexity index is 459. The number of anilines is 1. The molecule has 1 fully saturated rings. The first-order valence-electron chi connectivity index (χ1n) is 8.21. The summed E-state index contributed by atoms with van der Waals surface area (Å²) in [6.07, 6.45) is 7.03. The zero-order valence-electron chi connectivity index (χ0n) is 13.7. The molecular weight excluding hydrogens is 276 g/mol. The molecule has 6 nitrogen and oxygen atoms in total. The van der Waals surface area contributed by atoms with Crippen LogP contribution in [0.3, 0.4) is 0 Å². The Kier molecular flexibility index (Phi) is 6.43. The molecule has 1 aliphatic heterocycles. The number of rotatable bonds is 6. The first kappa shape index (κ1) is 16.5. The molecular formula is C16H28N6. The maximum atomic E-state index is 5.92. The van der Waals surface area contributed by atoms with Gasteiger partial charge in [-0.15, -0.1) is 0 Å². The van der Waals surface area contributed by atoms with Crippen molar-refractivity contribution in [2.45, 2.75) is 33.1 Å². The second kappa shape index (κ2) is 8.56. The number of nitrogens with two attached hydrogens (primary N) is 1. The maximum absolute atomic E-state index is 5.92. The summed E-state index contributed by atoms with van der Waals surface area (Å²) < 4.78 is 0. The van der Waals surface area contributed by atoms with E-state index in [1.54, 1.807) is 12.4 Å². The molecule has 6 heteroatoms. The van der Waals surface area contributed by atoms with Crippen LogP contribution in [0, 0.1) is 11.8 Å². The van der Waals surface area contributed by atoms with Crippen LogP contribution in [0.2, 0.25) is 0 Å². The fraction of sp³-hybridized carbons (Fsp3) is 0.688. The molecule has 0 aromatic carbocycles. The topological polar surface area (TPSA) is 79.4 Å². The highest BCUT2D eigenvalue weighted by molar-refractivity contribution is 5.77. The number of aromatic nitrogens is 2. The van der Waals surface area contributed by atoms with E-state index >= 15 is 0 Å². The van der Waals surface area contributed by atoms with Gasteiger partial charge in [0.2, 0.25) is 5.95 Å². The lowest BCUT2D eigenvalue weighted by Gasteiger charge is -2.31. The molecule has 1 atom stereocenters. The minimum atomic E-state index is 0.517. The zero-order valence-corrected chi connectivity index (χ0v) is 13.7. The van der Waals surface area contributed by atoms with Gasteiger partial charge in [-0.1, -0.05) is 13.8 Å². The van der Waals surface area contributed by atoms with Gasteiger partial charge in [-0.25, -0.2) is 9.97 Å². The number of piperidine rings is 1. The SMILES string of the molecule is CC(C)CCNC(N)=NCC1CCCN(c2ncccn2)C1. The van der Waals surface area contributed by atoms with Crippen LogP contribution >= 0.6 is 0 Å². The van der Waals surface area contributed by atoms with Crippen molar-refractivity contribution in [2.24, 2.45) is 22.6 Å². The van der Waals surface area contributed by atoms with Crippen LogP contribution in [0.4, 0.5) is 5.95 Å². The Morgan fingerprint density at radius 2 is 2.23 bits per heavy atom. The fourth-order valence-corrected chi connectivity index (χ4v) is 2.62. The first-order valence-corrected chi connectivity index (χ1v) is 8.21. The molecule has 1 unspecified atom stereocenters. The molecule has 0 aliphatic carbocycles. The highest BCUT2D eigenvalue weighted by Gasteiger charge is 2.21. The average Bonchev–Trinajstić information content (AvgIpc) is 2.54. The number of aliphatic imine (C=N–C) groups is 1. The summed E-state index contributed by atoms with van der Waals surface area (Å²) in [5.74, 6) is 2.58. The van der Waals surface area contributed by atoms with Gasteiger partial charge < -0.3 is 16.0 Å². The molecule has 0 bridgehead atoms. The van der Waals surface area contributed by atoms with Crippen molar-refractivity contribution in [3.8, 4) is 0 Å². The Hall–Kier alpha value is -1.85. The summed E-state index contributed by atoms with van der Waals surface area (Å²) in [6, 6.07) is 1.85. The third-order valence-corrected chi connectivity index (χ3v) is 3.90. The summed E-state index contributed by atoms with van der Waals surface area (Å²) in [5.41, 5.74) is 5.92. The van der Waals surface area contributed by atoms with Crippen molar-refractivity contribution >= 4 is 11.9 Å². The van der Waals surface area contributed by atoms with Gasteiger partial charge in [-0.05, 0) is 37.2 Å². The van der Waals surface area contributed by atoms with Gasteiger partial charge >= 0.3 is 0 Å². The van der Waals surface area contributed by atoms with Gasteiger partial charge in [0.15, 0.2) is 5.96 Å². The van der Waals surface area contributed by atoms with Crippen molar-refractivity contribution in [3.05, 3.63) is 18.5 Å². The molecule has 1 aliphatic rings. The number of nitrogens with one attached hydrogen (secondary N) is 1. The Morgan fingerprint density at radius 3 is 2.95 bits per heavy atom. The van der Waals surface area contributed by atoms with Crippen LogP contribution < -0.4 is 16.0 Å². The van der Waals surface area contributed by atoms with E-state index in [1.165, 1.54) is 6.42 Å². The van der Waals surface area contributed by atoms with Crippen LogP contribution in [0.15, 0.2) is 23.5 Å². The zero-order chi connectivity index (χ0) is 15.8. The minimum absolute atomic E-state index is 0.517. The Labute approximate surface area is 133 Å². The van der Waals surface area contributed by atoms with E-state index in [2.05, 4.69) is 39.0 Å². The van der Waals surface area contributed by atoms with Crippen molar-refractivity contribution in [1.29, 1.82) is 0 Å². The molecule has 1 aromatic rings. The van der Waals surface area contributed by atoms with Crippen molar-refractivity contribution < 1.29 is 0 Å². The van der Waals surface area contributed by atoms with Crippen molar-refractivity contribution in [1.82, 2.24) is 15.3 Å². The quantitative estimate of drug-likeness (QED) is 0.617. The van der Waals surface area contributed by atoms with Gasteiger partial charge in [0, 0.05) is 38.6 Å². The van der Waals surface area contributed by atoms with Crippen LogP contribution in [-0.2, 0) is 0 Å². The van der Waals surface area contributed by atoms with Crippen LogP contribution in [-0.4, -0.2) is 42.1 Å². The second-order valence-corrected chi connectivity index (χ2v) is 6.34. The molecule has 0 radical (unpaired) electrons. The van der Waals surface area contributed by atoms with E-state index < -0.39 is 0 Å². The summed E-state index contributed by atoms with van der Waals surface area (Å²) in [5, 5.41) is 3.19. The first-order chi connectivity index (χ1) is 10.6. The molecule has 0 amide bonds. The van der Waals surface area contributed by atoms with Gasteiger partial charge in [-0.2, -0.15) is 0 Å². The second-order valence-electron chi connectivity index (χ2n) is 6.34. The Balaban J connectivity index is 1.78. The van der Waals surface area contributed by atoms with Crippen LogP contribution in [0.1, 0.15) is 33.1 Å². The molecule has 2 heterocycles. The van der Waals surface area contributed by atoms with E-state index in [-0.39, 0.29) is 0 Å². The van der Waals surface area contributed by atoms with E-state index in [0.29, 0.717) is 17.8 Å². The van der Waals surface area contributed by atoms with Crippen molar-refractivity contribution in [3.63, 3.8) is 0 Å². The van der Waals surface area contributed by atoms with E-state index in [4.69, 9.17) is 5.73 Å². The lowest BCUT2D eigenvalue weighted by molar-refractivity contribution is 0.419. The third-order valence-electron chi connectivity index (χ3n) is 3.90. The predicted molar refractivity (Wildman–Crippen MR) is 90.9 cm³/mol. The van der Waals surface area contributed by atoms with Gasteiger partial charge in [0.05, 0.1) is 0 Å². The summed E-state index contributed by atoms with van der Waals surface area (Å²) in [6.45, 7) is 8.04. The maximum Gasteiger partial charge on any atom is 0.225 e. The van der Waals surface area contributed by atoms with E-state index in [9.17, 15) is 0 Å². The van der Waals surface area contributed by atoms with Gasteiger partial charge in [0.1, 0.15) is 0 Å². The van der Waals surface area contributed by atoms with Crippen molar-refractivity contribution in [2.75, 3.05) is 31.1 Å². The number of guanidine groups is 1. The molecule has 122 valence electrons. The molecule has 1 aromatic heterocycles. The lowest BCUT2D eigenvalue weighted by atomic mass is 9.98. The largest absolute Gasteiger partial charge is 0.370 e. The van der Waals surface area contributed by atoms with E-state index in [0.717, 1.165) is 45.0 Å². The highest BCUT2D eigenvalue weighted by atomic mass is 15.3. The third kappa shape index (κ3) is 5.50. The standard InChI is InChI=1S/C16H28N6/c1-13(2)6-9-18-15(17)21-11-14-5-3-10-22(12-14)16-19-7-4-8-20-16/h4,7-8,13-14H,3,5-6,9-12H2,1-2H3,(H3,17,18,21). The lowest BCUT2D eigenvalue weighted by Crippen LogP contribution is -2.38. The smallest absolute Gasteiger partial charge is 0.225 e. The average molecular weight is 304 g/mol. The summed E-state index contributed by atoms with van der Waals surface area (Å²) in [4.78, 5) is 15.4. The normalized spacial score (nSPS) is 19.5. The Morgan fingerprint density at radius 1 is 1.45 bits per heavy atom. The van der Waals surface area contributed by atoms with Crippen LogP contribution in [0.25, 0.3) is 0 Å². The number of hydrogen-bond acceptors (Lipinski definition) is 4. The van der Waals surface area contributed by atoms with Gasteiger partial charge in [-0.3, -0.25) is 4.99 Å². The molecule has 2 rings (SSSR count). The number of hydrogen-bond donors (Lipinski definition) is 2. The molecule has 0 saturated carbocycles. The predicted octanol–water partition coefficient (Wildman–Crippen LogP) is 1.64.